The average Bonchev–Trinajstić information content (AvgIpc) is 3.00. The van der Waals surface area contributed by atoms with E-state index in [9.17, 15) is 14.7 Å². The Bertz CT molecular complexity index is 1680. The average molecular weight is 551 g/mol. The summed E-state index contributed by atoms with van der Waals surface area (Å²) >= 11 is 4.82. The second kappa shape index (κ2) is 13.7. The lowest BCUT2D eigenvalue weighted by atomic mass is 9.97. The van der Waals surface area contributed by atoms with Crippen LogP contribution in [0, 0.1) is 0 Å². The number of ether oxygens (including phenoxy) is 1. The smallest absolute Gasteiger partial charge is 0.310 e. The summed E-state index contributed by atoms with van der Waals surface area (Å²) in [7, 11) is 0. The lowest BCUT2D eigenvalue weighted by Gasteiger charge is -2.11. The minimum absolute atomic E-state index is 0.0852. The van der Waals surface area contributed by atoms with Crippen molar-refractivity contribution in [3.05, 3.63) is 115 Å². The van der Waals surface area contributed by atoms with Crippen molar-refractivity contribution in [1.82, 2.24) is 0 Å². The maximum atomic E-state index is 11.6. The Morgan fingerprint density at radius 2 is 0.975 bits per heavy atom. The summed E-state index contributed by atoms with van der Waals surface area (Å²) in [5.74, 6) is 0.460. The van der Waals surface area contributed by atoms with Gasteiger partial charge in [-0.3, -0.25) is 9.59 Å². The molecular formula is C35H31ClO4. The number of aliphatic hydroxyl groups excluding tert-OH is 1. The molecule has 0 spiro atoms. The van der Waals surface area contributed by atoms with E-state index in [4.69, 9.17) is 16.3 Å². The summed E-state index contributed by atoms with van der Waals surface area (Å²) in [5.41, 5.74) is 1.02. The summed E-state index contributed by atoms with van der Waals surface area (Å²) < 4.78 is 5.55. The minimum Gasteiger partial charge on any atom is -0.425 e. The fraction of sp³-hybridized carbons (Fsp3) is 0.143. The van der Waals surface area contributed by atoms with E-state index in [0.29, 0.717) is 18.6 Å². The Balaban J connectivity index is 0.000000160. The van der Waals surface area contributed by atoms with Crippen molar-refractivity contribution in [3.8, 4) is 5.75 Å². The van der Waals surface area contributed by atoms with Crippen LogP contribution in [0.25, 0.3) is 43.1 Å². The Kier molecular flexibility index (Phi) is 9.85. The Labute approximate surface area is 238 Å². The molecule has 0 radical (unpaired) electrons. The molecule has 0 amide bonds. The molecule has 0 aliphatic heterocycles. The lowest BCUT2D eigenvalue weighted by molar-refractivity contribution is -0.133. The van der Waals surface area contributed by atoms with Gasteiger partial charge < -0.3 is 9.84 Å². The number of benzene rings is 6. The Morgan fingerprint density at radius 3 is 1.32 bits per heavy atom. The van der Waals surface area contributed by atoms with Crippen molar-refractivity contribution >= 4 is 65.9 Å². The molecule has 1 N–H and O–H groups in total. The number of fused-ring (bicyclic) bond motifs is 4. The van der Waals surface area contributed by atoms with Gasteiger partial charge >= 0.3 is 5.97 Å². The van der Waals surface area contributed by atoms with Crippen molar-refractivity contribution in [1.29, 1.82) is 0 Å². The second-order valence-corrected chi connectivity index (χ2v) is 9.56. The molecule has 6 aromatic carbocycles. The van der Waals surface area contributed by atoms with Gasteiger partial charge in [0.1, 0.15) is 5.75 Å². The molecule has 5 heteroatoms. The first-order chi connectivity index (χ1) is 19.5. The van der Waals surface area contributed by atoms with Crippen LogP contribution in [0.15, 0.2) is 109 Å². The highest BCUT2D eigenvalue weighted by atomic mass is 35.5. The number of hydrogen-bond donors (Lipinski definition) is 1. The summed E-state index contributed by atoms with van der Waals surface area (Å²) in [6.07, 6.45) is 0.805. The molecule has 0 fully saturated rings. The van der Waals surface area contributed by atoms with Crippen LogP contribution < -0.4 is 4.74 Å². The fourth-order valence-corrected chi connectivity index (χ4v) is 4.55. The van der Waals surface area contributed by atoms with Gasteiger partial charge in [-0.2, -0.15) is 0 Å². The highest BCUT2D eigenvalue weighted by molar-refractivity contribution is 6.63. The van der Waals surface area contributed by atoms with Gasteiger partial charge in [-0.25, -0.2) is 0 Å². The van der Waals surface area contributed by atoms with Crippen molar-refractivity contribution in [3.63, 3.8) is 0 Å². The number of hydrogen-bond acceptors (Lipinski definition) is 4. The summed E-state index contributed by atoms with van der Waals surface area (Å²) in [4.78, 5) is 21.2. The molecule has 0 aromatic heterocycles. The first-order valence-corrected chi connectivity index (χ1v) is 13.6. The van der Waals surface area contributed by atoms with E-state index >= 15 is 0 Å². The second-order valence-electron chi connectivity index (χ2n) is 9.14. The van der Waals surface area contributed by atoms with E-state index in [2.05, 4.69) is 36.4 Å². The topological polar surface area (TPSA) is 63.6 Å². The maximum absolute atomic E-state index is 11.6. The molecule has 0 heterocycles. The van der Waals surface area contributed by atoms with Gasteiger partial charge in [0.15, 0.2) is 0 Å². The molecule has 0 saturated carbocycles. The standard InChI is InChI=1S/C17H14O2.C15H12O.C3H5ClO/c1-2-16(18)19-17-14-9-5-3-7-12(14)11-13-8-4-6-10-15(13)17;16-10-15-13-7-3-1-5-11(13)9-12-6-2-4-8-14(12)15;1-2-3(4)5/h3-11H,2H2,1H3;1-9,16H,10H2;2H2,1H3. The largest absolute Gasteiger partial charge is 0.425 e. The molecular weight excluding hydrogens is 520 g/mol. The van der Waals surface area contributed by atoms with E-state index in [1.165, 1.54) is 10.8 Å². The number of aliphatic hydroxyl groups is 1. The van der Waals surface area contributed by atoms with E-state index in [-0.39, 0.29) is 17.8 Å². The summed E-state index contributed by atoms with van der Waals surface area (Å²) in [6.45, 7) is 3.60. The van der Waals surface area contributed by atoms with E-state index in [1.54, 1.807) is 13.8 Å². The van der Waals surface area contributed by atoms with Crippen LogP contribution in [0.2, 0.25) is 0 Å². The third kappa shape index (κ3) is 6.66. The Morgan fingerprint density at radius 1 is 0.625 bits per heavy atom. The van der Waals surface area contributed by atoms with Crippen LogP contribution >= 0.6 is 11.6 Å². The predicted octanol–water partition coefficient (Wildman–Crippen LogP) is 8.96. The molecule has 0 saturated heterocycles. The fourth-order valence-electron chi connectivity index (χ4n) is 4.55. The number of halogens is 1. The first kappa shape index (κ1) is 28.8. The SMILES string of the molecule is CCC(=O)Cl.CCC(=O)Oc1c2ccccc2cc2ccccc12.OCc1c2ccccc2cc2ccccc12. The van der Waals surface area contributed by atoms with Crippen LogP contribution in [-0.4, -0.2) is 16.3 Å². The quantitative estimate of drug-likeness (QED) is 0.103. The normalized spacial score (nSPS) is 10.5. The highest BCUT2D eigenvalue weighted by Crippen LogP contribution is 2.35. The predicted molar refractivity (Wildman–Crippen MR) is 166 cm³/mol. The molecule has 6 rings (SSSR count). The monoisotopic (exact) mass is 550 g/mol. The number of carbonyl (C=O) groups excluding carboxylic acids is 2. The van der Waals surface area contributed by atoms with Gasteiger partial charge in [0.25, 0.3) is 0 Å². The van der Waals surface area contributed by atoms with Gasteiger partial charge in [-0.15, -0.1) is 0 Å². The molecule has 0 bridgehead atoms. The van der Waals surface area contributed by atoms with E-state index in [1.807, 2.05) is 72.8 Å². The van der Waals surface area contributed by atoms with Crippen molar-refractivity contribution in [2.75, 3.05) is 0 Å². The van der Waals surface area contributed by atoms with Crippen LogP contribution in [0.4, 0.5) is 0 Å². The summed E-state index contributed by atoms with van der Waals surface area (Å²) in [5, 5.41) is 18.0. The number of carbonyl (C=O) groups is 2. The zero-order valence-electron chi connectivity index (χ0n) is 22.6. The first-order valence-electron chi connectivity index (χ1n) is 13.3. The van der Waals surface area contributed by atoms with Crippen LogP contribution in [0.3, 0.4) is 0 Å². The van der Waals surface area contributed by atoms with Crippen molar-refractivity contribution in [2.24, 2.45) is 0 Å². The van der Waals surface area contributed by atoms with Gasteiger partial charge in [-0.1, -0.05) is 111 Å². The van der Waals surface area contributed by atoms with Gasteiger partial charge in [0, 0.05) is 23.6 Å². The van der Waals surface area contributed by atoms with Gasteiger partial charge in [-0.05, 0) is 61.6 Å². The van der Waals surface area contributed by atoms with Crippen molar-refractivity contribution < 1.29 is 19.4 Å². The molecule has 40 heavy (non-hydrogen) atoms. The summed E-state index contributed by atoms with van der Waals surface area (Å²) in [6, 6.07) is 36.6. The van der Waals surface area contributed by atoms with Gasteiger partial charge in [0.2, 0.25) is 5.24 Å². The maximum Gasteiger partial charge on any atom is 0.310 e. The van der Waals surface area contributed by atoms with E-state index in [0.717, 1.165) is 37.9 Å². The molecule has 0 unspecified atom stereocenters. The molecule has 202 valence electrons. The molecule has 6 aromatic rings. The van der Waals surface area contributed by atoms with E-state index < -0.39 is 0 Å². The molecule has 0 aliphatic carbocycles. The molecule has 4 nitrogen and oxygen atoms in total. The van der Waals surface area contributed by atoms with Crippen LogP contribution in [0.5, 0.6) is 5.75 Å². The number of esters is 1. The third-order valence-corrected chi connectivity index (χ3v) is 6.81. The lowest BCUT2D eigenvalue weighted by Crippen LogP contribution is -2.06. The third-order valence-electron chi connectivity index (χ3n) is 6.55. The molecule has 0 aliphatic rings. The van der Waals surface area contributed by atoms with Crippen LogP contribution in [0.1, 0.15) is 32.3 Å². The van der Waals surface area contributed by atoms with Gasteiger partial charge in [0.05, 0.1) is 6.61 Å². The minimum atomic E-state index is -0.273. The number of rotatable bonds is 4. The van der Waals surface area contributed by atoms with Crippen molar-refractivity contribution in [2.45, 2.75) is 33.3 Å². The zero-order valence-corrected chi connectivity index (χ0v) is 23.3. The highest BCUT2D eigenvalue weighted by Gasteiger charge is 2.11. The Hall–Kier alpha value is -4.25. The molecule has 0 atom stereocenters. The zero-order chi connectivity index (χ0) is 28.5. The van der Waals surface area contributed by atoms with Crippen LogP contribution in [-0.2, 0) is 16.2 Å².